The first-order valence-electron chi connectivity index (χ1n) is 9.86. The number of rotatable bonds is 5. The summed E-state index contributed by atoms with van der Waals surface area (Å²) in [6, 6.07) is 4.74. The SMILES string of the molecule is C[C@@]1(F)[C@H](O)[C@@H](COP2(=O)OCC[C@@H](c3cc(F)cc(Cl)c3)O2)O[C@H]1n1ccc(=O)[nH]c1=O. The van der Waals surface area contributed by atoms with Crippen LogP contribution in [0.5, 0.6) is 0 Å². The summed E-state index contributed by atoms with van der Waals surface area (Å²) in [6.45, 7) is 0.364. The van der Waals surface area contributed by atoms with Crippen LogP contribution in [0.4, 0.5) is 8.78 Å². The summed E-state index contributed by atoms with van der Waals surface area (Å²) in [6.07, 6.45) is -4.30. The molecular formula is C19H20ClF2N2O8P. The number of H-pyrrole nitrogens is 1. The molecule has 0 radical (unpaired) electrons. The number of phosphoric acid groups is 1. The van der Waals surface area contributed by atoms with Crippen LogP contribution in [0, 0.1) is 5.82 Å². The lowest BCUT2D eigenvalue weighted by atomic mass is 9.98. The molecular weight excluding hydrogens is 489 g/mol. The highest BCUT2D eigenvalue weighted by Gasteiger charge is 2.56. The molecule has 14 heteroatoms. The van der Waals surface area contributed by atoms with Gasteiger partial charge in [-0.05, 0) is 30.7 Å². The molecule has 0 spiro atoms. The van der Waals surface area contributed by atoms with Crippen LogP contribution < -0.4 is 11.2 Å². The quantitative estimate of drug-likeness (QED) is 0.590. The van der Waals surface area contributed by atoms with E-state index in [1.54, 1.807) is 0 Å². The second-order valence-electron chi connectivity index (χ2n) is 7.80. The summed E-state index contributed by atoms with van der Waals surface area (Å²) in [7, 11) is -4.19. The smallest absolute Gasteiger partial charge is 0.387 e. The van der Waals surface area contributed by atoms with Crippen molar-refractivity contribution in [3.8, 4) is 0 Å². The Balaban J connectivity index is 1.47. The van der Waals surface area contributed by atoms with Crippen molar-refractivity contribution in [1.82, 2.24) is 9.55 Å². The zero-order valence-electron chi connectivity index (χ0n) is 17.2. The van der Waals surface area contributed by atoms with Crippen LogP contribution >= 0.6 is 19.4 Å². The van der Waals surface area contributed by atoms with Crippen LogP contribution in [-0.2, 0) is 22.9 Å². The fourth-order valence-electron chi connectivity index (χ4n) is 3.69. The third kappa shape index (κ3) is 4.97. The molecule has 180 valence electrons. The number of aliphatic hydroxyl groups is 1. The Morgan fingerprint density at radius 2 is 2.15 bits per heavy atom. The van der Waals surface area contributed by atoms with E-state index < -0.39 is 61.7 Å². The molecule has 0 bridgehead atoms. The Kier molecular flexibility index (Phi) is 6.62. The highest BCUT2D eigenvalue weighted by atomic mass is 35.5. The van der Waals surface area contributed by atoms with Crippen LogP contribution in [0.2, 0.25) is 5.02 Å². The summed E-state index contributed by atoms with van der Waals surface area (Å²) in [5.74, 6) is -0.600. The van der Waals surface area contributed by atoms with Crippen molar-refractivity contribution in [2.24, 2.45) is 0 Å². The molecule has 2 saturated heterocycles. The second kappa shape index (κ2) is 9.03. The van der Waals surface area contributed by atoms with E-state index in [0.29, 0.717) is 5.56 Å². The molecule has 2 N–H and O–H groups in total. The second-order valence-corrected chi connectivity index (χ2v) is 9.86. The topological polar surface area (TPSA) is 129 Å². The van der Waals surface area contributed by atoms with Crippen LogP contribution in [0.25, 0.3) is 0 Å². The largest absolute Gasteiger partial charge is 0.475 e. The summed E-state index contributed by atoms with van der Waals surface area (Å²) in [5.41, 5.74) is -3.75. The highest BCUT2D eigenvalue weighted by Crippen LogP contribution is 2.57. The monoisotopic (exact) mass is 508 g/mol. The number of hydrogen-bond donors (Lipinski definition) is 2. The first-order valence-corrected chi connectivity index (χ1v) is 11.7. The maximum atomic E-state index is 15.2. The highest BCUT2D eigenvalue weighted by molar-refractivity contribution is 7.48. The Morgan fingerprint density at radius 3 is 2.85 bits per heavy atom. The Labute approximate surface area is 190 Å². The average Bonchev–Trinajstić information content (AvgIpc) is 2.95. The van der Waals surface area contributed by atoms with E-state index in [1.807, 2.05) is 4.98 Å². The number of nitrogens with one attached hydrogen (secondary N) is 1. The van der Waals surface area contributed by atoms with Crippen LogP contribution in [-0.4, -0.2) is 45.7 Å². The number of aromatic amines is 1. The summed E-state index contributed by atoms with van der Waals surface area (Å²) < 4.78 is 63.9. The normalized spacial score (nSPS) is 34.5. The fraction of sp³-hybridized carbons (Fsp3) is 0.474. The van der Waals surface area contributed by atoms with Crippen molar-refractivity contribution in [3.63, 3.8) is 0 Å². The maximum absolute atomic E-state index is 15.2. The first kappa shape index (κ1) is 24.2. The van der Waals surface area contributed by atoms with Crippen LogP contribution in [0.3, 0.4) is 0 Å². The number of hydrogen-bond acceptors (Lipinski definition) is 8. The average molecular weight is 509 g/mol. The summed E-state index contributed by atoms with van der Waals surface area (Å²) in [4.78, 5) is 25.3. The number of ether oxygens (including phenoxy) is 1. The van der Waals surface area contributed by atoms with E-state index >= 15 is 4.39 Å². The van der Waals surface area contributed by atoms with Gasteiger partial charge in [0.15, 0.2) is 11.9 Å². The van der Waals surface area contributed by atoms with Gasteiger partial charge in [0.1, 0.15) is 18.0 Å². The minimum atomic E-state index is -4.19. The molecule has 1 unspecified atom stereocenters. The van der Waals surface area contributed by atoms with Crippen molar-refractivity contribution in [3.05, 3.63) is 67.7 Å². The molecule has 2 aliphatic rings. The van der Waals surface area contributed by atoms with Gasteiger partial charge in [-0.25, -0.2) is 18.1 Å². The van der Waals surface area contributed by atoms with Gasteiger partial charge in [-0.2, -0.15) is 0 Å². The van der Waals surface area contributed by atoms with Gasteiger partial charge < -0.3 is 9.84 Å². The molecule has 10 nitrogen and oxygen atoms in total. The van der Waals surface area contributed by atoms with Gasteiger partial charge in [0, 0.05) is 23.7 Å². The fourth-order valence-corrected chi connectivity index (χ4v) is 5.32. The molecule has 1 aromatic heterocycles. The molecule has 3 heterocycles. The lowest BCUT2D eigenvalue weighted by molar-refractivity contribution is -0.0654. The number of phosphoric ester groups is 1. The summed E-state index contributed by atoms with van der Waals surface area (Å²) in [5, 5.41) is 10.5. The predicted molar refractivity (Wildman–Crippen MR) is 110 cm³/mol. The van der Waals surface area contributed by atoms with Crippen molar-refractivity contribution < 1.29 is 36.8 Å². The molecule has 0 amide bonds. The molecule has 2 fully saturated rings. The van der Waals surface area contributed by atoms with Gasteiger partial charge in [0.05, 0.1) is 19.3 Å². The van der Waals surface area contributed by atoms with Crippen molar-refractivity contribution in [2.75, 3.05) is 13.2 Å². The Bertz CT molecular complexity index is 1180. The molecule has 0 aliphatic carbocycles. The Hall–Kier alpha value is -1.92. The predicted octanol–water partition coefficient (Wildman–Crippen LogP) is 2.62. The first-order chi connectivity index (χ1) is 15.5. The molecule has 0 saturated carbocycles. The molecule has 4 rings (SSSR count). The number of aromatic nitrogens is 2. The van der Waals surface area contributed by atoms with E-state index in [0.717, 1.165) is 29.8 Å². The summed E-state index contributed by atoms with van der Waals surface area (Å²) >= 11 is 5.86. The van der Waals surface area contributed by atoms with Gasteiger partial charge in [-0.15, -0.1) is 0 Å². The van der Waals surface area contributed by atoms with Crippen molar-refractivity contribution in [1.29, 1.82) is 0 Å². The van der Waals surface area contributed by atoms with E-state index in [9.17, 15) is 23.7 Å². The molecule has 33 heavy (non-hydrogen) atoms. The van der Waals surface area contributed by atoms with Crippen molar-refractivity contribution in [2.45, 2.75) is 43.6 Å². The minimum absolute atomic E-state index is 0.0413. The van der Waals surface area contributed by atoms with Crippen LogP contribution in [0.1, 0.15) is 31.2 Å². The van der Waals surface area contributed by atoms with Gasteiger partial charge in [0.2, 0.25) is 0 Å². The van der Waals surface area contributed by atoms with Gasteiger partial charge >= 0.3 is 13.5 Å². The maximum Gasteiger partial charge on any atom is 0.475 e. The lowest BCUT2D eigenvalue weighted by Crippen LogP contribution is -2.43. The third-order valence-electron chi connectivity index (χ3n) is 5.36. The lowest BCUT2D eigenvalue weighted by Gasteiger charge is -2.30. The van der Waals surface area contributed by atoms with E-state index in [1.165, 1.54) is 12.1 Å². The van der Waals surface area contributed by atoms with Crippen molar-refractivity contribution >= 4 is 19.4 Å². The van der Waals surface area contributed by atoms with Gasteiger partial charge in [-0.3, -0.25) is 27.9 Å². The van der Waals surface area contributed by atoms with E-state index in [4.69, 9.17) is 29.9 Å². The van der Waals surface area contributed by atoms with E-state index in [2.05, 4.69) is 0 Å². The number of benzene rings is 1. The minimum Gasteiger partial charge on any atom is -0.387 e. The standard InChI is InChI=1S/C19H20ClF2N2O8P/c1-19(22)16(26)14(31-17(19)24-4-2-15(25)23-18(24)27)9-30-33(28)29-5-3-13(32-33)10-6-11(20)8-12(21)7-10/h2,4,6-8,13-14,16-17,26H,3,5,9H2,1H3,(H,23,25,27)/t13-,14+,16+,17+,19+,33?/m0/s1. The molecule has 1 aromatic carbocycles. The zero-order chi connectivity index (χ0) is 24.0. The van der Waals surface area contributed by atoms with E-state index in [-0.39, 0.29) is 18.1 Å². The van der Waals surface area contributed by atoms with Crippen LogP contribution in [0.15, 0.2) is 40.1 Å². The zero-order valence-corrected chi connectivity index (χ0v) is 18.8. The number of halogens is 3. The number of alkyl halides is 1. The van der Waals surface area contributed by atoms with Gasteiger partial charge in [0.25, 0.3) is 5.56 Å². The number of nitrogens with zero attached hydrogens (tertiary/aromatic N) is 1. The third-order valence-corrected chi connectivity index (χ3v) is 7.06. The molecule has 2 aromatic rings. The Morgan fingerprint density at radius 1 is 1.39 bits per heavy atom. The molecule has 6 atom stereocenters. The van der Waals surface area contributed by atoms with Gasteiger partial charge in [-0.1, -0.05) is 11.6 Å². The number of aliphatic hydroxyl groups excluding tert-OH is 1. The molecule has 2 aliphatic heterocycles.